The predicted molar refractivity (Wildman–Crippen MR) is 64.4 cm³/mol. The molecule has 1 saturated heterocycles. The highest BCUT2D eigenvalue weighted by Crippen LogP contribution is 2.17. The van der Waals surface area contributed by atoms with Gasteiger partial charge in [-0.25, -0.2) is 4.79 Å². The van der Waals surface area contributed by atoms with Gasteiger partial charge in [0.1, 0.15) is 0 Å². The molecule has 0 aromatic carbocycles. The van der Waals surface area contributed by atoms with Gasteiger partial charge in [0.25, 0.3) is 0 Å². The van der Waals surface area contributed by atoms with Crippen molar-refractivity contribution in [2.45, 2.75) is 44.6 Å². The molecule has 0 bridgehead atoms. The van der Waals surface area contributed by atoms with E-state index in [1.165, 1.54) is 25.7 Å². The highest BCUT2D eigenvalue weighted by Gasteiger charge is 2.18. The molecular formula is C12H23N3O. The lowest BCUT2D eigenvalue weighted by Gasteiger charge is -2.23. The van der Waals surface area contributed by atoms with E-state index in [0.717, 1.165) is 32.5 Å². The maximum atomic E-state index is 11.6. The van der Waals surface area contributed by atoms with Gasteiger partial charge in [-0.3, -0.25) is 0 Å². The van der Waals surface area contributed by atoms with Crippen molar-refractivity contribution in [2.24, 2.45) is 5.92 Å². The van der Waals surface area contributed by atoms with Crippen LogP contribution >= 0.6 is 0 Å². The number of carbonyl (C=O) groups excluding carboxylic acids is 1. The molecular weight excluding hydrogens is 202 g/mol. The van der Waals surface area contributed by atoms with Crippen LogP contribution in [0.25, 0.3) is 0 Å². The molecule has 2 amide bonds. The van der Waals surface area contributed by atoms with Crippen LogP contribution in [0.3, 0.4) is 0 Å². The molecule has 0 aromatic rings. The Hall–Kier alpha value is -0.770. The quantitative estimate of drug-likeness (QED) is 0.676. The Morgan fingerprint density at radius 2 is 2.00 bits per heavy atom. The number of urea groups is 1. The number of hydrogen-bond acceptors (Lipinski definition) is 2. The van der Waals surface area contributed by atoms with Crippen LogP contribution in [0.15, 0.2) is 0 Å². The third-order valence-electron chi connectivity index (χ3n) is 3.64. The first-order chi connectivity index (χ1) is 7.84. The fraction of sp³-hybridized carbons (Fsp3) is 0.917. The van der Waals surface area contributed by atoms with E-state index in [0.29, 0.717) is 12.0 Å². The van der Waals surface area contributed by atoms with Crippen LogP contribution in [0.2, 0.25) is 0 Å². The third-order valence-corrected chi connectivity index (χ3v) is 3.64. The Bertz CT molecular complexity index is 220. The van der Waals surface area contributed by atoms with Crippen LogP contribution in [-0.2, 0) is 0 Å². The van der Waals surface area contributed by atoms with Crippen molar-refractivity contribution in [3.05, 3.63) is 0 Å². The lowest BCUT2D eigenvalue weighted by Crippen LogP contribution is -2.44. The second kappa shape index (κ2) is 6.09. The lowest BCUT2D eigenvalue weighted by molar-refractivity contribution is 0.233. The molecule has 1 aliphatic carbocycles. The summed E-state index contributed by atoms with van der Waals surface area (Å²) in [6.07, 6.45) is 7.29. The van der Waals surface area contributed by atoms with Crippen molar-refractivity contribution in [2.75, 3.05) is 19.6 Å². The Morgan fingerprint density at radius 1 is 1.19 bits per heavy atom. The molecule has 0 radical (unpaired) electrons. The minimum Gasteiger partial charge on any atom is -0.338 e. The van der Waals surface area contributed by atoms with E-state index in [2.05, 4.69) is 16.0 Å². The largest absolute Gasteiger partial charge is 0.338 e. The Balaban J connectivity index is 1.59. The minimum atomic E-state index is 0.0254. The SMILES string of the molecule is O=C(NCC1CCCNC1)NC1CCCC1. The highest BCUT2D eigenvalue weighted by molar-refractivity contribution is 5.74. The zero-order chi connectivity index (χ0) is 11.2. The Morgan fingerprint density at radius 3 is 2.69 bits per heavy atom. The first-order valence-corrected chi connectivity index (χ1v) is 6.59. The number of carbonyl (C=O) groups is 1. The van der Waals surface area contributed by atoms with Crippen molar-refractivity contribution >= 4 is 6.03 Å². The minimum absolute atomic E-state index is 0.0254. The third kappa shape index (κ3) is 3.67. The summed E-state index contributed by atoms with van der Waals surface area (Å²) in [4.78, 5) is 11.6. The molecule has 0 aromatic heterocycles. The van der Waals surface area contributed by atoms with Crippen molar-refractivity contribution in [3.8, 4) is 0 Å². The summed E-state index contributed by atoms with van der Waals surface area (Å²) in [7, 11) is 0. The van der Waals surface area contributed by atoms with E-state index in [4.69, 9.17) is 0 Å². The molecule has 1 atom stereocenters. The van der Waals surface area contributed by atoms with Gasteiger partial charge in [-0.05, 0) is 44.7 Å². The molecule has 92 valence electrons. The number of hydrogen-bond donors (Lipinski definition) is 3. The summed E-state index contributed by atoms with van der Waals surface area (Å²) in [5, 5.41) is 9.40. The van der Waals surface area contributed by atoms with E-state index in [9.17, 15) is 4.79 Å². The number of rotatable bonds is 3. The number of nitrogens with one attached hydrogen (secondary N) is 3. The molecule has 2 rings (SSSR count). The van der Waals surface area contributed by atoms with Gasteiger partial charge in [-0.1, -0.05) is 12.8 Å². The first-order valence-electron chi connectivity index (χ1n) is 6.59. The zero-order valence-corrected chi connectivity index (χ0v) is 9.93. The van der Waals surface area contributed by atoms with Crippen LogP contribution in [0.1, 0.15) is 38.5 Å². The van der Waals surface area contributed by atoms with Crippen molar-refractivity contribution in [1.82, 2.24) is 16.0 Å². The maximum Gasteiger partial charge on any atom is 0.315 e. The van der Waals surface area contributed by atoms with Crippen LogP contribution in [0.4, 0.5) is 4.79 Å². The Kier molecular flexibility index (Phi) is 4.45. The van der Waals surface area contributed by atoms with Crippen molar-refractivity contribution in [1.29, 1.82) is 0 Å². The molecule has 0 spiro atoms. The van der Waals surface area contributed by atoms with E-state index in [1.807, 2.05) is 0 Å². The topological polar surface area (TPSA) is 53.2 Å². The summed E-state index contributed by atoms with van der Waals surface area (Å²) in [5.41, 5.74) is 0. The van der Waals surface area contributed by atoms with E-state index in [1.54, 1.807) is 0 Å². The summed E-state index contributed by atoms with van der Waals surface area (Å²) >= 11 is 0. The fourth-order valence-electron chi connectivity index (χ4n) is 2.64. The molecule has 1 unspecified atom stereocenters. The number of amides is 2. The van der Waals surface area contributed by atoms with E-state index in [-0.39, 0.29) is 6.03 Å². The molecule has 4 nitrogen and oxygen atoms in total. The van der Waals surface area contributed by atoms with Crippen LogP contribution < -0.4 is 16.0 Å². The van der Waals surface area contributed by atoms with Crippen LogP contribution in [0.5, 0.6) is 0 Å². The summed E-state index contributed by atoms with van der Waals surface area (Å²) in [6.45, 7) is 2.99. The van der Waals surface area contributed by atoms with Gasteiger partial charge in [0.2, 0.25) is 0 Å². The average Bonchev–Trinajstić information content (AvgIpc) is 2.81. The molecule has 2 aliphatic rings. The van der Waals surface area contributed by atoms with Crippen molar-refractivity contribution < 1.29 is 4.79 Å². The summed E-state index contributed by atoms with van der Waals surface area (Å²) in [5.74, 6) is 0.614. The van der Waals surface area contributed by atoms with Gasteiger partial charge in [0.15, 0.2) is 0 Å². The normalized spacial score (nSPS) is 26.6. The van der Waals surface area contributed by atoms with Gasteiger partial charge in [0, 0.05) is 12.6 Å². The van der Waals surface area contributed by atoms with Crippen molar-refractivity contribution in [3.63, 3.8) is 0 Å². The molecule has 1 heterocycles. The zero-order valence-electron chi connectivity index (χ0n) is 9.93. The molecule has 3 N–H and O–H groups in total. The lowest BCUT2D eigenvalue weighted by atomic mass is 10.00. The molecule has 1 aliphatic heterocycles. The monoisotopic (exact) mass is 225 g/mol. The molecule has 4 heteroatoms. The average molecular weight is 225 g/mol. The predicted octanol–water partition coefficient (Wildman–Crippen LogP) is 1.23. The Labute approximate surface area is 97.6 Å². The first kappa shape index (κ1) is 11.7. The van der Waals surface area contributed by atoms with E-state index >= 15 is 0 Å². The van der Waals surface area contributed by atoms with Gasteiger partial charge in [-0.2, -0.15) is 0 Å². The molecule has 16 heavy (non-hydrogen) atoms. The maximum absolute atomic E-state index is 11.6. The summed E-state index contributed by atoms with van der Waals surface area (Å²) < 4.78 is 0. The second-order valence-electron chi connectivity index (χ2n) is 5.05. The molecule has 1 saturated carbocycles. The fourth-order valence-corrected chi connectivity index (χ4v) is 2.64. The number of piperidine rings is 1. The van der Waals surface area contributed by atoms with Gasteiger partial charge in [0.05, 0.1) is 0 Å². The van der Waals surface area contributed by atoms with Crippen LogP contribution in [-0.4, -0.2) is 31.7 Å². The smallest absolute Gasteiger partial charge is 0.315 e. The van der Waals surface area contributed by atoms with E-state index < -0.39 is 0 Å². The highest BCUT2D eigenvalue weighted by atomic mass is 16.2. The summed E-state index contributed by atoms with van der Waals surface area (Å²) in [6, 6.07) is 0.446. The van der Waals surface area contributed by atoms with Crippen LogP contribution in [0, 0.1) is 5.92 Å². The van der Waals surface area contributed by atoms with Gasteiger partial charge < -0.3 is 16.0 Å². The molecule has 2 fully saturated rings. The second-order valence-corrected chi connectivity index (χ2v) is 5.05. The van der Waals surface area contributed by atoms with Gasteiger partial charge >= 0.3 is 6.03 Å². The van der Waals surface area contributed by atoms with Gasteiger partial charge in [-0.15, -0.1) is 0 Å². The standard InChI is InChI=1S/C12H23N3O/c16-12(15-11-5-1-2-6-11)14-9-10-4-3-7-13-8-10/h10-11,13H,1-9H2,(H2,14,15,16).